The number of unbranched alkanes of at least 4 members (excludes halogenated alkanes) is 6. The van der Waals surface area contributed by atoms with E-state index >= 15 is 0 Å². The number of carbonyl (C=O) groups excluding carboxylic acids is 1. The molecule has 0 aromatic carbocycles. The van der Waals surface area contributed by atoms with Gasteiger partial charge in [0.1, 0.15) is 30.7 Å². The first-order valence-electron chi connectivity index (χ1n) is 11.1. The van der Waals surface area contributed by atoms with Gasteiger partial charge in [-0.2, -0.15) is 4.99 Å². The van der Waals surface area contributed by atoms with Crippen molar-refractivity contribution in [2.24, 2.45) is 10.7 Å². The van der Waals surface area contributed by atoms with Crippen LogP contribution in [0.25, 0.3) is 0 Å². The lowest BCUT2D eigenvalue weighted by molar-refractivity contribution is -0.150. The van der Waals surface area contributed by atoms with Gasteiger partial charge in [-0.3, -0.25) is 9.36 Å². The number of esters is 1. The van der Waals surface area contributed by atoms with Gasteiger partial charge in [-0.15, -0.1) is 6.58 Å². The zero-order valence-corrected chi connectivity index (χ0v) is 19.2. The van der Waals surface area contributed by atoms with Crippen molar-refractivity contribution in [2.45, 2.75) is 81.1 Å². The third-order valence-electron chi connectivity index (χ3n) is 5.67. The van der Waals surface area contributed by atoms with Crippen LogP contribution >= 0.6 is 11.6 Å². The van der Waals surface area contributed by atoms with E-state index in [2.05, 4.69) is 21.9 Å². The summed E-state index contributed by atoms with van der Waals surface area (Å²) in [7, 11) is 0. The van der Waals surface area contributed by atoms with E-state index in [1.54, 1.807) is 0 Å². The fraction of sp³-hybridized carbons (Fsp3) is 0.667. The number of aliphatic imine (C=N–C) groups is 1. The Morgan fingerprint density at radius 1 is 1.30 bits per heavy atom. The number of imidazole rings is 1. The molecule has 1 aromatic rings. The van der Waals surface area contributed by atoms with Crippen LogP contribution in [0.15, 0.2) is 24.0 Å². The zero-order valence-electron chi connectivity index (χ0n) is 18.4. The highest BCUT2D eigenvalue weighted by molar-refractivity contribution is 6.24. The number of hydrogen-bond donors (Lipinski definition) is 5. The van der Waals surface area contributed by atoms with Gasteiger partial charge in [0.15, 0.2) is 17.9 Å². The molecule has 0 aliphatic carbocycles. The maximum absolute atomic E-state index is 12.0. The number of ether oxygens (including phenoxy) is 2. The molecular weight excluding hydrogens is 454 g/mol. The van der Waals surface area contributed by atoms with Gasteiger partial charge in [0.05, 0.1) is 6.33 Å². The molecule has 6 N–H and O–H groups in total. The molecule has 0 spiro atoms. The fourth-order valence-electron chi connectivity index (χ4n) is 3.88. The number of nitrogens with one attached hydrogen (secondary N) is 1. The van der Waals surface area contributed by atoms with E-state index in [-0.39, 0.29) is 36.5 Å². The molecule has 3 heterocycles. The number of fused-ring (bicyclic) bond motifs is 1. The molecule has 0 saturated carbocycles. The van der Waals surface area contributed by atoms with Crippen molar-refractivity contribution in [3.05, 3.63) is 24.7 Å². The van der Waals surface area contributed by atoms with Gasteiger partial charge >= 0.3 is 5.97 Å². The Balaban J connectivity index is 1.46. The van der Waals surface area contributed by atoms with Crippen molar-refractivity contribution < 1.29 is 29.6 Å². The molecule has 1 aromatic heterocycles. The number of allylic oxidation sites excluding steroid dienone is 1. The average Bonchev–Trinajstić information content (AvgIpc) is 3.30. The maximum atomic E-state index is 12.0. The number of guanidine groups is 1. The predicted octanol–water partition coefficient (Wildman–Crippen LogP) is 1.43. The summed E-state index contributed by atoms with van der Waals surface area (Å²) < 4.78 is 12.3. The topological polar surface area (TPSA) is 164 Å². The monoisotopic (exact) mass is 485 g/mol. The first-order chi connectivity index (χ1) is 15.7. The molecule has 0 bridgehead atoms. The summed E-state index contributed by atoms with van der Waals surface area (Å²) in [6.07, 6.45) is 6.03. The number of aromatic nitrogens is 2. The quantitative estimate of drug-likeness (QED) is 0.0967. The lowest BCUT2D eigenvalue weighted by Crippen LogP contribution is -2.36. The summed E-state index contributed by atoms with van der Waals surface area (Å²) in [5.74, 6) is -0.372. The normalized spacial score (nSPS) is 28.7. The van der Waals surface area contributed by atoms with Gasteiger partial charge in [0.2, 0.25) is 0 Å². The van der Waals surface area contributed by atoms with Crippen LogP contribution in [0.4, 0.5) is 5.82 Å². The summed E-state index contributed by atoms with van der Waals surface area (Å²) >= 11 is 5.94. The van der Waals surface area contributed by atoms with Crippen LogP contribution in [0.5, 0.6) is 0 Å². The van der Waals surface area contributed by atoms with E-state index < -0.39 is 29.7 Å². The number of alkyl halides is 1. The summed E-state index contributed by atoms with van der Waals surface area (Å²) in [6, 6.07) is 0. The van der Waals surface area contributed by atoms with Crippen LogP contribution in [0, 0.1) is 0 Å². The lowest BCUT2D eigenvalue weighted by Gasteiger charge is -2.25. The molecule has 1 saturated heterocycles. The van der Waals surface area contributed by atoms with Crippen molar-refractivity contribution >= 4 is 29.3 Å². The largest absolute Gasteiger partial charge is 0.463 e. The summed E-state index contributed by atoms with van der Waals surface area (Å²) in [6.45, 7) is 3.50. The van der Waals surface area contributed by atoms with Crippen molar-refractivity contribution in [1.29, 1.82) is 0 Å². The number of anilines is 1. The second-order valence-corrected chi connectivity index (χ2v) is 8.76. The highest BCUT2D eigenvalue weighted by Crippen LogP contribution is 2.39. The molecule has 184 valence electrons. The standard InChI is InChI=1S/C21H32ClN5O6/c1-2-3-4-5-6-7-8-9-10-14(28)32-11-13-15(29)16(30)19(33-13)27-12-24-17-18(27)25-20(23)26-21(17,22)31/h2,12-13,15-16,19,29-31H,1,3-11H2,(H3,23,25,26)/t13-,15-,16-,19-,21?/m1/s1. The van der Waals surface area contributed by atoms with E-state index in [1.165, 1.54) is 10.9 Å². The average molecular weight is 486 g/mol. The fourth-order valence-corrected chi connectivity index (χ4v) is 4.11. The summed E-state index contributed by atoms with van der Waals surface area (Å²) in [5.41, 5.74) is 5.62. The van der Waals surface area contributed by atoms with Gasteiger partial charge in [0, 0.05) is 6.42 Å². The predicted molar refractivity (Wildman–Crippen MR) is 121 cm³/mol. The minimum atomic E-state index is -2.17. The van der Waals surface area contributed by atoms with Crippen molar-refractivity contribution in [2.75, 3.05) is 11.9 Å². The van der Waals surface area contributed by atoms with Crippen molar-refractivity contribution in [3.8, 4) is 0 Å². The molecule has 12 heteroatoms. The van der Waals surface area contributed by atoms with Gasteiger partial charge in [-0.25, -0.2) is 4.98 Å². The smallest absolute Gasteiger partial charge is 0.305 e. The highest BCUT2D eigenvalue weighted by Gasteiger charge is 2.47. The van der Waals surface area contributed by atoms with E-state index in [0.29, 0.717) is 0 Å². The lowest BCUT2D eigenvalue weighted by atomic mass is 10.1. The van der Waals surface area contributed by atoms with Crippen LogP contribution in [-0.4, -0.2) is 61.7 Å². The first-order valence-corrected chi connectivity index (χ1v) is 11.5. The molecule has 2 aliphatic heterocycles. The summed E-state index contributed by atoms with van der Waals surface area (Å²) in [5, 5.41) is 31.6. The number of nitrogens with zero attached hydrogens (tertiary/aromatic N) is 3. The highest BCUT2D eigenvalue weighted by atomic mass is 35.5. The SMILES string of the molecule is C=CCCCCCCCCC(=O)OC[C@H]1O[C@@H](n2cnc3c2NC(N)=NC3(O)Cl)[C@H](O)[C@@H]1O. The molecule has 11 nitrogen and oxygen atoms in total. The number of hydrogen-bond acceptors (Lipinski definition) is 10. The van der Waals surface area contributed by atoms with Gasteiger partial charge in [0.25, 0.3) is 5.18 Å². The second kappa shape index (κ2) is 11.3. The van der Waals surface area contributed by atoms with E-state index in [1.807, 2.05) is 6.08 Å². The Labute approximate surface area is 197 Å². The molecule has 0 radical (unpaired) electrons. The minimum Gasteiger partial charge on any atom is -0.463 e. The molecule has 1 unspecified atom stereocenters. The number of aliphatic hydroxyl groups excluding tert-OH is 2. The molecule has 5 atom stereocenters. The molecule has 0 amide bonds. The van der Waals surface area contributed by atoms with Crippen LogP contribution in [-0.2, 0) is 19.5 Å². The Kier molecular flexibility index (Phi) is 8.71. The maximum Gasteiger partial charge on any atom is 0.305 e. The van der Waals surface area contributed by atoms with Crippen LogP contribution in [0.2, 0.25) is 0 Å². The zero-order chi connectivity index (χ0) is 24.0. The van der Waals surface area contributed by atoms with Crippen molar-refractivity contribution in [3.63, 3.8) is 0 Å². The second-order valence-electron chi connectivity index (χ2n) is 8.24. The van der Waals surface area contributed by atoms with Crippen molar-refractivity contribution in [1.82, 2.24) is 9.55 Å². The number of carbonyl (C=O) groups is 1. The third-order valence-corrected chi connectivity index (χ3v) is 5.93. The Morgan fingerprint density at radius 3 is 2.73 bits per heavy atom. The Morgan fingerprint density at radius 2 is 2.00 bits per heavy atom. The number of aliphatic hydroxyl groups is 3. The third kappa shape index (κ3) is 6.24. The van der Waals surface area contributed by atoms with E-state index in [9.17, 15) is 20.1 Å². The number of halogens is 1. The summed E-state index contributed by atoms with van der Waals surface area (Å²) in [4.78, 5) is 19.7. The van der Waals surface area contributed by atoms with E-state index in [4.69, 9.17) is 26.8 Å². The van der Waals surface area contributed by atoms with Crippen LogP contribution in [0.3, 0.4) is 0 Å². The molecular formula is C21H32ClN5O6. The van der Waals surface area contributed by atoms with Crippen LogP contribution < -0.4 is 11.1 Å². The van der Waals surface area contributed by atoms with E-state index in [0.717, 1.165) is 44.9 Å². The number of nitrogens with two attached hydrogens (primary N) is 1. The van der Waals surface area contributed by atoms with Crippen LogP contribution in [0.1, 0.15) is 63.3 Å². The molecule has 1 fully saturated rings. The Bertz CT molecular complexity index is 860. The first kappa shape index (κ1) is 25.4. The Hall–Kier alpha value is -2.18. The van der Waals surface area contributed by atoms with Gasteiger partial charge in [-0.05, 0) is 19.3 Å². The number of rotatable bonds is 12. The van der Waals surface area contributed by atoms with Gasteiger partial charge in [-0.1, -0.05) is 43.4 Å². The molecule has 2 aliphatic rings. The molecule has 33 heavy (non-hydrogen) atoms. The minimum absolute atomic E-state index is 0.0285. The molecule has 3 rings (SSSR count). The van der Waals surface area contributed by atoms with Gasteiger partial charge < -0.3 is 35.8 Å².